The van der Waals surface area contributed by atoms with Crippen molar-refractivity contribution in [1.82, 2.24) is 0 Å². The number of amidine groups is 1. The number of nitro groups is 1. The molecule has 142 valence electrons. The number of nitro benzene ring substituents is 1. The van der Waals surface area contributed by atoms with Crippen molar-refractivity contribution in [1.29, 1.82) is 0 Å². The molecule has 1 aliphatic rings. The Labute approximate surface area is 176 Å². The summed E-state index contributed by atoms with van der Waals surface area (Å²) in [4.78, 5) is 29.5. The number of rotatable bonds is 5. The van der Waals surface area contributed by atoms with E-state index in [1.807, 2.05) is 4.90 Å². The highest BCUT2D eigenvalue weighted by molar-refractivity contribution is 8.93. The van der Waals surface area contributed by atoms with Crippen LogP contribution in [0.25, 0.3) is 0 Å². The monoisotopic (exact) mass is 469 g/mol. The fraction of sp³-hybridized carbons (Fsp3) is 0.222. The third kappa shape index (κ3) is 5.54. The molecular formula is C18H17BrClN3O3S. The van der Waals surface area contributed by atoms with Crippen LogP contribution in [0, 0.1) is 10.1 Å². The van der Waals surface area contributed by atoms with Crippen molar-refractivity contribution in [2.45, 2.75) is 6.42 Å². The number of ketones is 1. The highest BCUT2D eigenvalue weighted by Crippen LogP contribution is 2.25. The topological polar surface area (TPSA) is 75.8 Å². The molecule has 0 atom stereocenters. The second-order valence-electron chi connectivity index (χ2n) is 5.66. The highest BCUT2D eigenvalue weighted by Gasteiger charge is 2.21. The molecule has 0 aromatic heterocycles. The summed E-state index contributed by atoms with van der Waals surface area (Å²) in [7, 11) is 0. The molecule has 0 radical (unpaired) electrons. The van der Waals surface area contributed by atoms with Gasteiger partial charge in [-0.2, -0.15) is 0 Å². The summed E-state index contributed by atoms with van der Waals surface area (Å²) in [5.74, 6) is 0.853. The molecule has 1 aliphatic heterocycles. The van der Waals surface area contributed by atoms with Crippen LogP contribution in [0.4, 0.5) is 11.4 Å². The Hall–Kier alpha value is -1.90. The minimum Gasteiger partial charge on any atom is -0.313 e. The smallest absolute Gasteiger partial charge is 0.269 e. The van der Waals surface area contributed by atoms with E-state index in [-0.39, 0.29) is 35.0 Å². The van der Waals surface area contributed by atoms with Gasteiger partial charge < -0.3 is 4.90 Å². The van der Waals surface area contributed by atoms with Gasteiger partial charge in [-0.15, -0.1) is 17.0 Å². The van der Waals surface area contributed by atoms with E-state index in [0.717, 1.165) is 17.3 Å². The number of hydrogen-bond acceptors (Lipinski definition) is 6. The molecule has 0 unspecified atom stereocenters. The number of aliphatic imine (C=N–C) groups is 1. The number of anilines is 1. The second-order valence-corrected chi connectivity index (χ2v) is 7.15. The molecule has 3 rings (SSSR count). The molecule has 0 N–H and O–H groups in total. The molecular weight excluding hydrogens is 454 g/mol. The predicted octanol–water partition coefficient (Wildman–Crippen LogP) is 5.01. The van der Waals surface area contributed by atoms with Crippen LogP contribution in [0.2, 0.25) is 5.02 Å². The first-order chi connectivity index (χ1) is 12.5. The van der Waals surface area contributed by atoms with Crippen molar-refractivity contribution >= 4 is 62.7 Å². The SMILES string of the molecule is Br.O=C(CN(C1=NCCCS1)c1ccc([N+](=O)[O-])cc1)c1ccc(Cl)cc1. The van der Waals surface area contributed by atoms with Crippen molar-refractivity contribution in [2.75, 3.05) is 23.7 Å². The fourth-order valence-corrected chi connectivity index (χ4v) is 3.60. The number of Topliss-reactive ketones (excluding diaryl/α,β-unsaturated/α-hetero) is 1. The van der Waals surface area contributed by atoms with Crippen LogP contribution in [0.5, 0.6) is 0 Å². The van der Waals surface area contributed by atoms with E-state index < -0.39 is 4.92 Å². The lowest BCUT2D eigenvalue weighted by atomic mass is 10.1. The molecule has 9 heteroatoms. The number of non-ortho nitro benzene ring substituents is 1. The Balaban J connectivity index is 0.00000261. The first-order valence-corrected chi connectivity index (χ1v) is 9.39. The maximum Gasteiger partial charge on any atom is 0.269 e. The second kappa shape index (κ2) is 9.87. The summed E-state index contributed by atoms with van der Waals surface area (Å²) < 4.78 is 0. The minimum atomic E-state index is -0.445. The van der Waals surface area contributed by atoms with Crippen LogP contribution < -0.4 is 4.90 Å². The van der Waals surface area contributed by atoms with Crippen LogP contribution >= 0.6 is 40.3 Å². The predicted molar refractivity (Wildman–Crippen MR) is 116 cm³/mol. The van der Waals surface area contributed by atoms with Crippen LogP contribution in [0.1, 0.15) is 16.8 Å². The van der Waals surface area contributed by atoms with Crippen molar-refractivity contribution in [3.05, 3.63) is 69.2 Å². The van der Waals surface area contributed by atoms with E-state index in [1.165, 1.54) is 12.1 Å². The van der Waals surface area contributed by atoms with Crippen molar-refractivity contribution in [3.63, 3.8) is 0 Å². The quantitative estimate of drug-likeness (QED) is 0.349. The molecule has 0 saturated heterocycles. The van der Waals surface area contributed by atoms with Gasteiger partial charge in [-0.3, -0.25) is 19.9 Å². The van der Waals surface area contributed by atoms with Gasteiger partial charge in [0.15, 0.2) is 11.0 Å². The summed E-state index contributed by atoms with van der Waals surface area (Å²) in [5.41, 5.74) is 1.27. The first-order valence-electron chi connectivity index (χ1n) is 8.02. The number of nitrogens with zero attached hydrogens (tertiary/aromatic N) is 3. The van der Waals surface area contributed by atoms with Crippen LogP contribution in [-0.2, 0) is 0 Å². The largest absolute Gasteiger partial charge is 0.313 e. The number of hydrogen-bond donors (Lipinski definition) is 0. The molecule has 27 heavy (non-hydrogen) atoms. The van der Waals surface area contributed by atoms with Gasteiger partial charge in [-0.05, 0) is 42.8 Å². The Bertz CT molecular complexity index is 844. The third-order valence-electron chi connectivity index (χ3n) is 3.85. The molecule has 0 spiro atoms. The molecule has 1 heterocycles. The lowest BCUT2D eigenvalue weighted by Gasteiger charge is -2.27. The lowest BCUT2D eigenvalue weighted by Crippen LogP contribution is -2.35. The lowest BCUT2D eigenvalue weighted by molar-refractivity contribution is -0.384. The van der Waals surface area contributed by atoms with E-state index in [4.69, 9.17) is 11.6 Å². The van der Waals surface area contributed by atoms with E-state index in [1.54, 1.807) is 48.2 Å². The average Bonchev–Trinajstić information content (AvgIpc) is 2.67. The zero-order chi connectivity index (χ0) is 18.5. The average molecular weight is 471 g/mol. The highest BCUT2D eigenvalue weighted by atomic mass is 79.9. The summed E-state index contributed by atoms with van der Waals surface area (Å²) in [6.07, 6.45) is 0.993. The van der Waals surface area contributed by atoms with Crippen LogP contribution in [-0.4, -0.2) is 34.7 Å². The zero-order valence-electron chi connectivity index (χ0n) is 14.2. The third-order valence-corrected chi connectivity index (χ3v) is 5.20. The van der Waals surface area contributed by atoms with E-state index in [0.29, 0.717) is 22.8 Å². The van der Waals surface area contributed by atoms with E-state index in [9.17, 15) is 14.9 Å². The van der Waals surface area contributed by atoms with Gasteiger partial charge in [0, 0.05) is 40.7 Å². The van der Waals surface area contributed by atoms with Crippen molar-refractivity contribution < 1.29 is 9.72 Å². The maximum atomic E-state index is 12.7. The summed E-state index contributed by atoms with van der Waals surface area (Å²) in [6.45, 7) is 0.812. The van der Waals surface area contributed by atoms with E-state index in [2.05, 4.69) is 4.99 Å². The van der Waals surface area contributed by atoms with Gasteiger partial charge in [0.2, 0.25) is 0 Å². The maximum absolute atomic E-state index is 12.7. The zero-order valence-corrected chi connectivity index (χ0v) is 17.5. The van der Waals surface area contributed by atoms with Gasteiger partial charge >= 0.3 is 0 Å². The normalized spacial score (nSPS) is 13.3. The van der Waals surface area contributed by atoms with E-state index >= 15 is 0 Å². The van der Waals surface area contributed by atoms with Crippen LogP contribution in [0.3, 0.4) is 0 Å². The first kappa shape index (κ1) is 21.4. The van der Waals surface area contributed by atoms with Gasteiger partial charge in [0.05, 0.1) is 11.5 Å². The Kier molecular flexibility index (Phi) is 7.82. The number of halogens is 2. The number of thioether (sulfide) groups is 1. The number of carbonyl (C=O) groups is 1. The molecule has 0 saturated carbocycles. The molecule has 6 nitrogen and oxygen atoms in total. The Morgan fingerprint density at radius 3 is 2.41 bits per heavy atom. The molecule has 2 aromatic rings. The molecule has 0 bridgehead atoms. The molecule has 0 aliphatic carbocycles. The fourth-order valence-electron chi connectivity index (χ4n) is 2.51. The summed E-state index contributed by atoms with van der Waals surface area (Å²) in [6, 6.07) is 12.9. The molecule has 0 amide bonds. The Morgan fingerprint density at radius 1 is 1.19 bits per heavy atom. The standard InChI is InChI=1S/C18H16ClN3O3S.BrH/c19-14-4-2-13(3-5-14)17(23)12-21(18-20-10-1-11-26-18)15-6-8-16(9-7-15)22(24)25;/h2-9H,1,10-12H2;1H. The summed E-state index contributed by atoms with van der Waals surface area (Å²) in [5, 5.41) is 12.2. The molecule has 0 fully saturated rings. The van der Waals surface area contributed by atoms with Gasteiger partial charge in [-0.1, -0.05) is 23.4 Å². The van der Waals surface area contributed by atoms with Crippen molar-refractivity contribution in [2.24, 2.45) is 4.99 Å². The van der Waals surface area contributed by atoms with Gasteiger partial charge in [0.25, 0.3) is 5.69 Å². The number of carbonyl (C=O) groups excluding carboxylic acids is 1. The minimum absolute atomic E-state index is 0. The number of benzene rings is 2. The van der Waals surface area contributed by atoms with Crippen LogP contribution in [0.15, 0.2) is 53.5 Å². The molecule has 2 aromatic carbocycles. The Morgan fingerprint density at radius 2 is 1.85 bits per heavy atom. The van der Waals surface area contributed by atoms with Crippen molar-refractivity contribution in [3.8, 4) is 0 Å². The van der Waals surface area contributed by atoms with Gasteiger partial charge in [0.1, 0.15) is 0 Å². The van der Waals surface area contributed by atoms with Gasteiger partial charge in [-0.25, -0.2) is 0 Å². The summed E-state index contributed by atoms with van der Waals surface area (Å²) >= 11 is 7.47.